The van der Waals surface area contributed by atoms with Gasteiger partial charge in [-0.3, -0.25) is 4.79 Å². The molecule has 32 heavy (non-hydrogen) atoms. The van der Waals surface area contributed by atoms with Gasteiger partial charge in [0.25, 0.3) is 0 Å². The molecule has 2 bridgehead atoms. The van der Waals surface area contributed by atoms with E-state index >= 15 is 0 Å². The molecule has 4 fully saturated rings. The van der Waals surface area contributed by atoms with E-state index in [4.69, 9.17) is 18.9 Å². The molecule has 0 aromatic heterocycles. The van der Waals surface area contributed by atoms with Gasteiger partial charge >= 0.3 is 5.97 Å². The van der Waals surface area contributed by atoms with Crippen molar-refractivity contribution in [1.29, 1.82) is 0 Å². The van der Waals surface area contributed by atoms with E-state index < -0.39 is 58.8 Å². The molecule has 9 heteroatoms. The first-order chi connectivity index (χ1) is 15.1. The molecule has 9 nitrogen and oxygen atoms in total. The average Bonchev–Trinajstić information content (AvgIpc) is 3.04. The summed E-state index contributed by atoms with van der Waals surface area (Å²) < 4.78 is 23.4. The van der Waals surface area contributed by atoms with Crippen LogP contribution in [0.2, 0.25) is 0 Å². The van der Waals surface area contributed by atoms with Crippen LogP contribution >= 0.6 is 0 Å². The quantitative estimate of drug-likeness (QED) is 0.534. The molecule has 1 spiro atoms. The number of aliphatic hydroxyl groups excluding tert-OH is 3. The van der Waals surface area contributed by atoms with Crippen LogP contribution in [0.25, 0.3) is 0 Å². The highest BCUT2D eigenvalue weighted by atomic mass is 16.7. The maximum Gasteiger partial charge on any atom is 0.341 e. The molecule has 0 amide bonds. The van der Waals surface area contributed by atoms with Crippen LogP contribution in [-0.4, -0.2) is 77.6 Å². The van der Waals surface area contributed by atoms with Gasteiger partial charge < -0.3 is 34.3 Å². The highest BCUT2D eigenvalue weighted by molar-refractivity contribution is 5.95. The number of esters is 1. The van der Waals surface area contributed by atoms with Crippen molar-refractivity contribution >= 4 is 11.8 Å². The van der Waals surface area contributed by atoms with Crippen molar-refractivity contribution in [3.05, 3.63) is 11.3 Å². The summed E-state index contributed by atoms with van der Waals surface area (Å²) in [7, 11) is 1.24. The summed E-state index contributed by atoms with van der Waals surface area (Å²) in [6.45, 7) is 6.04. The molecule has 2 heterocycles. The van der Waals surface area contributed by atoms with E-state index in [9.17, 15) is 24.9 Å². The number of rotatable bonds is 3. The summed E-state index contributed by atoms with van der Waals surface area (Å²) >= 11 is 0. The van der Waals surface area contributed by atoms with E-state index in [1.165, 1.54) is 7.11 Å². The van der Waals surface area contributed by atoms with Crippen LogP contribution in [0.4, 0.5) is 0 Å². The minimum atomic E-state index is -1.73. The monoisotopic (exact) mass is 452 g/mol. The van der Waals surface area contributed by atoms with E-state index in [-0.39, 0.29) is 30.5 Å². The molecule has 2 saturated carbocycles. The smallest absolute Gasteiger partial charge is 0.341 e. The molecule has 2 saturated heterocycles. The van der Waals surface area contributed by atoms with Gasteiger partial charge in [-0.25, -0.2) is 4.79 Å². The topological polar surface area (TPSA) is 132 Å². The molecule has 0 radical (unpaired) electrons. The fourth-order valence-corrected chi connectivity index (χ4v) is 8.14. The van der Waals surface area contributed by atoms with Crippen molar-refractivity contribution in [2.45, 2.75) is 70.2 Å². The maximum atomic E-state index is 13.1. The Labute approximate surface area is 186 Å². The standard InChI is InChI=1S/C23H32O9/c1-5-30-15-7-13-22-9-31-23(13,20(28)29-4)19(27)17(26)18(22)21(3)8-12(24)16(25)10(2)11(21)6-14(22)32-15/h11,13-15,17-19,25-27H,5-9H2,1-4H3/t11-,13+,14+,15-,17+,18+,19-,21-,22+,23-/m1/s1. The van der Waals surface area contributed by atoms with Crippen LogP contribution in [0, 0.1) is 28.6 Å². The van der Waals surface area contributed by atoms with Gasteiger partial charge in [0.1, 0.15) is 6.10 Å². The highest BCUT2D eigenvalue weighted by Crippen LogP contribution is 2.72. The molecule has 5 aliphatic rings. The first-order valence-corrected chi connectivity index (χ1v) is 11.4. The second kappa shape index (κ2) is 6.99. The number of ether oxygens (including phenoxy) is 4. The summed E-state index contributed by atoms with van der Waals surface area (Å²) in [5, 5.41) is 33.3. The molecule has 10 atom stereocenters. The van der Waals surface area contributed by atoms with Crippen molar-refractivity contribution in [2.75, 3.05) is 20.3 Å². The zero-order valence-electron chi connectivity index (χ0n) is 18.9. The Bertz CT molecular complexity index is 885. The summed E-state index contributed by atoms with van der Waals surface area (Å²) in [6, 6.07) is 0. The van der Waals surface area contributed by atoms with Crippen molar-refractivity contribution in [3.8, 4) is 0 Å². The van der Waals surface area contributed by atoms with Crippen LogP contribution in [-0.2, 0) is 28.5 Å². The Morgan fingerprint density at radius 1 is 1.28 bits per heavy atom. The first kappa shape index (κ1) is 22.3. The third-order valence-electron chi connectivity index (χ3n) is 9.27. The number of allylic oxidation sites excluding steroid dienone is 2. The summed E-state index contributed by atoms with van der Waals surface area (Å²) in [4.78, 5) is 25.8. The maximum absolute atomic E-state index is 13.1. The lowest BCUT2D eigenvalue weighted by Crippen LogP contribution is -2.76. The normalized spacial score (nSPS) is 51.8. The van der Waals surface area contributed by atoms with Crippen LogP contribution in [0.3, 0.4) is 0 Å². The molecule has 3 N–H and O–H groups in total. The van der Waals surface area contributed by atoms with Gasteiger partial charge in [-0.15, -0.1) is 0 Å². The number of methoxy groups -OCH3 is 1. The van der Waals surface area contributed by atoms with Crippen LogP contribution in [0.5, 0.6) is 0 Å². The molecule has 0 aromatic rings. The van der Waals surface area contributed by atoms with Gasteiger partial charge in [-0.2, -0.15) is 0 Å². The molecule has 5 rings (SSSR count). The van der Waals surface area contributed by atoms with E-state index in [1.54, 1.807) is 6.92 Å². The number of carbonyl (C=O) groups excluding carboxylic acids is 2. The summed E-state index contributed by atoms with van der Waals surface area (Å²) in [6.07, 6.45) is -3.11. The highest BCUT2D eigenvalue weighted by Gasteiger charge is 2.82. The largest absolute Gasteiger partial charge is 0.504 e. The van der Waals surface area contributed by atoms with Crippen LogP contribution < -0.4 is 0 Å². The second-order valence-electron chi connectivity index (χ2n) is 10.3. The lowest BCUT2D eigenvalue weighted by Gasteiger charge is -2.67. The Morgan fingerprint density at radius 3 is 2.66 bits per heavy atom. The predicted molar refractivity (Wildman–Crippen MR) is 108 cm³/mol. The number of fused-ring (bicyclic) bond motifs is 2. The van der Waals surface area contributed by atoms with Crippen molar-refractivity contribution < 1.29 is 43.9 Å². The number of ketones is 1. The Kier molecular flexibility index (Phi) is 4.87. The molecular formula is C23H32O9. The van der Waals surface area contributed by atoms with E-state index in [2.05, 4.69) is 0 Å². The van der Waals surface area contributed by atoms with Gasteiger partial charge in [0.15, 0.2) is 23.4 Å². The first-order valence-electron chi connectivity index (χ1n) is 11.4. The minimum absolute atomic E-state index is 0.0383. The fraction of sp³-hybridized carbons (Fsp3) is 0.826. The molecule has 3 aliphatic carbocycles. The number of hydrogen-bond acceptors (Lipinski definition) is 9. The SMILES string of the molecule is CCO[C@H]1C[C@@H]2[C@@]3(C(=O)OC)OC[C@@]24[C@H](C[C@@H]2C(C)=C(O)C(=O)C[C@@]2(C)[C@@H]4[C@H](O)[C@H]3O)O1. The Balaban J connectivity index is 1.72. The van der Waals surface area contributed by atoms with Gasteiger partial charge in [0, 0.05) is 36.7 Å². The summed E-state index contributed by atoms with van der Waals surface area (Å²) in [5.41, 5.74) is -2.71. The van der Waals surface area contributed by atoms with Crippen LogP contribution in [0.15, 0.2) is 11.3 Å². The van der Waals surface area contributed by atoms with E-state index in [1.807, 2.05) is 13.8 Å². The average molecular weight is 453 g/mol. The van der Waals surface area contributed by atoms with E-state index in [0.29, 0.717) is 25.0 Å². The number of aliphatic hydroxyl groups is 3. The van der Waals surface area contributed by atoms with Gasteiger partial charge in [-0.05, 0) is 37.2 Å². The lowest BCUT2D eigenvalue weighted by atomic mass is 9.38. The van der Waals surface area contributed by atoms with Crippen molar-refractivity contribution in [3.63, 3.8) is 0 Å². The molecule has 2 aliphatic heterocycles. The Hall–Kier alpha value is -1.52. The number of carbonyl (C=O) groups is 2. The van der Waals surface area contributed by atoms with Crippen LogP contribution in [0.1, 0.15) is 40.0 Å². The van der Waals surface area contributed by atoms with Gasteiger partial charge in [0.05, 0.1) is 25.9 Å². The Morgan fingerprint density at radius 2 is 2.00 bits per heavy atom. The predicted octanol–water partition coefficient (Wildman–Crippen LogP) is 0.865. The van der Waals surface area contributed by atoms with Gasteiger partial charge in [0.2, 0.25) is 0 Å². The lowest BCUT2D eigenvalue weighted by molar-refractivity contribution is -0.324. The third-order valence-corrected chi connectivity index (χ3v) is 9.27. The molecule has 0 unspecified atom stereocenters. The molecule has 0 aromatic carbocycles. The van der Waals surface area contributed by atoms with Gasteiger partial charge in [-0.1, -0.05) is 6.92 Å². The number of hydrogen-bond donors (Lipinski definition) is 3. The molecule has 178 valence electrons. The number of Topliss-reactive ketones (excluding diaryl/α,β-unsaturated/α-hetero) is 1. The summed E-state index contributed by atoms with van der Waals surface area (Å²) in [5.74, 6) is -2.67. The zero-order chi connectivity index (χ0) is 23.2. The fourth-order valence-electron chi connectivity index (χ4n) is 8.14. The molecular weight excluding hydrogens is 420 g/mol. The minimum Gasteiger partial charge on any atom is -0.504 e. The second-order valence-corrected chi connectivity index (χ2v) is 10.3. The van der Waals surface area contributed by atoms with E-state index in [0.717, 1.165) is 0 Å². The third kappa shape index (κ3) is 2.36. The van der Waals surface area contributed by atoms with Crippen molar-refractivity contribution in [2.24, 2.45) is 28.6 Å². The van der Waals surface area contributed by atoms with Crippen molar-refractivity contribution in [1.82, 2.24) is 0 Å². The zero-order valence-corrected chi connectivity index (χ0v) is 18.9.